The Morgan fingerprint density at radius 3 is 2.88 bits per heavy atom. The lowest BCUT2D eigenvalue weighted by Crippen LogP contribution is -1.96. The van der Waals surface area contributed by atoms with E-state index in [0.29, 0.717) is 21.9 Å². The summed E-state index contributed by atoms with van der Waals surface area (Å²) in [6.07, 6.45) is 1.50. The summed E-state index contributed by atoms with van der Waals surface area (Å²) in [5, 5.41) is 21.4. The van der Waals surface area contributed by atoms with Gasteiger partial charge < -0.3 is 9.84 Å². The van der Waals surface area contributed by atoms with Gasteiger partial charge in [-0.3, -0.25) is 0 Å². The molecule has 122 valence electrons. The van der Waals surface area contributed by atoms with E-state index in [-0.39, 0.29) is 5.75 Å². The van der Waals surface area contributed by atoms with Crippen molar-refractivity contribution in [1.82, 2.24) is 14.9 Å². The van der Waals surface area contributed by atoms with Gasteiger partial charge in [0.1, 0.15) is 0 Å². The highest BCUT2D eigenvalue weighted by Gasteiger charge is 2.09. The van der Waals surface area contributed by atoms with Crippen molar-refractivity contribution in [3.05, 3.63) is 57.3 Å². The van der Waals surface area contributed by atoms with E-state index < -0.39 is 0 Å². The predicted octanol–water partition coefficient (Wildman–Crippen LogP) is 3.97. The smallest absolute Gasteiger partial charge is 0.216 e. The summed E-state index contributed by atoms with van der Waals surface area (Å²) in [5.74, 6) is 0.963. The molecule has 8 heteroatoms. The van der Waals surface area contributed by atoms with Crippen molar-refractivity contribution in [3.63, 3.8) is 0 Å². The molecule has 0 aliphatic carbocycles. The zero-order chi connectivity index (χ0) is 17.1. The number of phenolic OH excluding ortho intramolecular Hbond substituents is 1. The molecule has 0 unspecified atom stereocenters. The second kappa shape index (κ2) is 6.98. The quantitative estimate of drug-likeness (QED) is 0.509. The minimum Gasteiger partial charge on any atom is -0.504 e. The van der Waals surface area contributed by atoms with Crippen molar-refractivity contribution in [2.75, 3.05) is 7.11 Å². The number of phenols is 1. The Bertz CT molecular complexity index is 965. The topological polar surface area (TPSA) is 75.4 Å². The van der Waals surface area contributed by atoms with Crippen LogP contribution in [-0.2, 0) is 0 Å². The van der Waals surface area contributed by atoms with Gasteiger partial charge in [0, 0.05) is 15.6 Å². The monoisotopic (exact) mass is 404 g/mol. The second-order valence-corrected chi connectivity index (χ2v) is 6.12. The maximum absolute atomic E-state index is 10.1. The molecule has 0 atom stereocenters. The van der Waals surface area contributed by atoms with Gasteiger partial charge in [-0.25, -0.2) is 5.10 Å². The summed E-state index contributed by atoms with van der Waals surface area (Å²) in [5.41, 5.74) is 1.36. The van der Waals surface area contributed by atoms with E-state index in [9.17, 15) is 5.11 Å². The largest absolute Gasteiger partial charge is 0.504 e. The zero-order valence-electron chi connectivity index (χ0n) is 12.6. The lowest BCUT2D eigenvalue weighted by Gasteiger charge is -2.05. The lowest BCUT2D eigenvalue weighted by atomic mass is 10.2. The van der Waals surface area contributed by atoms with Gasteiger partial charge in [0.25, 0.3) is 0 Å². The van der Waals surface area contributed by atoms with E-state index in [1.165, 1.54) is 18.0 Å². The molecule has 2 aromatic carbocycles. The molecule has 0 fully saturated rings. The number of ether oxygens (including phenoxy) is 1. The highest BCUT2D eigenvalue weighted by Crippen LogP contribution is 2.28. The maximum Gasteiger partial charge on any atom is 0.216 e. The number of aromatic amines is 1. The van der Waals surface area contributed by atoms with Crippen LogP contribution in [0.3, 0.4) is 0 Å². The number of hydrogen-bond donors (Lipinski definition) is 2. The zero-order valence-corrected chi connectivity index (χ0v) is 15.0. The molecule has 0 amide bonds. The van der Waals surface area contributed by atoms with Crippen molar-refractivity contribution in [2.24, 2.45) is 5.10 Å². The number of para-hydroxylation sites is 1. The molecule has 0 aliphatic heterocycles. The normalized spacial score (nSPS) is 11.1. The van der Waals surface area contributed by atoms with Crippen LogP contribution in [0, 0.1) is 4.77 Å². The number of methoxy groups -OCH3 is 1. The fourth-order valence-electron chi connectivity index (χ4n) is 2.14. The first kappa shape index (κ1) is 16.4. The van der Waals surface area contributed by atoms with Crippen LogP contribution in [0.4, 0.5) is 0 Å². The van der Waals surface area contributed by atoms with Gasteiger partial charge in [-0.2, -0.15) is 14.9 Å². The Balaban J connectivity index is 2.03. The third kappa shape index (κ3) is 3.24. The van der Waals surface area contributed by atoms with E-state index >= 15 is 0 Å². The summed E-state index contributed by atoms with van der Waals surface area (Å²) in [4.78, 5) is 0. The number of H-pyrrole nitrogens is 1. The average Bonchev–Trinajstić information content (AvgIpc) is 2.95. The molecule has 0 saturated heterocycles. The minimum absolute atomic E-state index is 0.0165. The van der Waals surface area contributed by atoms with Gasteiger partial charge in [-0.1, -0.05) is 34.1 Å². The average molecular weight is 405 g/mol. The molecule has 0 aliphatic rings. The molecule has 6 nitrogen and oxygen atoms in total. The van der Waals surface area contributed by atoms with E-state index in [1.807, 2.05) is 24.3 Å². The van der Waals surface area contributed by atoms with Crippen LogP contribution in [0.15, 0.2) is 52.0 Å². The molecule has 24 heavy (non-hydrogen) atoms. The van der Waals surface area contributed by atoms with Crippen LogP contribution in [-0.4, -0.2) is 33.3 Å². The molecule has 0 spiro atoms. The van der Waals surface area contributed by atoms with Crippen molar-refractivity contribution < 1.29 is 9.84 Å². The Morgan fingerprint density at radius 2 is 2.12 bits per heavy atom. The molecule has 0 saturated carbocycles. The Labute approximate surface area is 151 Å². The molecule has 0 bridgehead atoms. The Morgan fingerprint density at radius 1 is 1.33 bits per heavy atom. The summed E-state index contributed by atoms with van der Waals surface area (Å²) in [6, 6.07) is 12.8. The van der Waals surface area contributed by atoms with Gasteiger partial charge in [0.05, 0.1) is 13.3 Å². The number of aromatic nitrogens is 3. The van der Waals surface area contributed by atoms with Gasteiger partial charge in [0.15, 0.2) is 17.3 Å². The number of halogens is 1. The van der Waals surface area contributed by atoms with Crippen molar-refractivity contribution in [2.45, 2.75) is 0 Å². The second-order valence-electron chi connectivity index (χ2n) is 4.82. The first-order chi connectivity index (χ1) is 11.6. The number of rotatable bonds is 4. The van der Waals surface area contributed by atoms with E-state index in [0.717, 1.165) is 10.0 Å². The SMILES string of the molecule is COc1cccc(/C=N/n2c(-c3cccc(Br)c3)n[nH]c2=S)c1O. The van der Waals surface area contributed by atoms with Gasteiger partial charge >= 0.3 is 0 Å². The molecule has 3 rings (SSSR count). The highest BCUT2D eigenvalue weighted by atomic mass is 79.9. The molecule has 2 N–H and O–H groups in total. The molecule has 0 radical (unpaired) electrons. The molecule has 3 aromatic rings. The number of nitrogens with zero attached hydrogens (tertiary/aromatic N) is 3. The molecule has 1 aromatic heterocycles. The van der Waals surface area contributed by atoms with Crippen LogP contribution in [0.1, 0.15) is 5.56 Å². The highest BCUT2D eigenvalue weighted by molar-refractivity contribution is 9.10. The standard InChI is InChI=1S/C16H13BrN4O2S/c1-23-13-7-3-5-11(14(13)22)9-18-21-15(19-20-16(21)24)10-4-2-6-12(17)8-10/h2-9,22H,1H3,(H,20,24)/b18-9+. The Kier molecular flexibility index (Phi) is 4.77. The maximum atomic E-state index is 10.1. The number of nitrogens with one attached hydrogen (secondary N) is 1. The Hall–Kier alpha value is -2.45. The summed E-state index contributed by atoms with van der Waals surface area (Å²) >= 11 is 8.67. The van der Waals surface area contributed by atoms with Crippen LogP contribution in [0.5, 0.6) is 11.5 Å². The molecular weight excluding hydrogens is 392 g/mol. The summed E-state index contributed by atoms with van der Waals surface area (Å²) in [6.45, 7) is 0. The fourth-order valence-corrected chi connectivity index (χ4v) is 2.72. The van der Waals surface area contributed by atoms with Gasteiger partial charge in [-0.05, 0) is 36.5 Å². The van der Waals surface area contributed by atoms with Crippen LogP contribution < -0.4 is 4.74 Å². The molecular formula is C16H13BrN4O2S. The number of aromatic hydroxyl groups is 1. The predicted molar refractivity (Wildman–Crippen MR) is 98.2 cm³/mol. The lowest BCUT2D eigenvalue weighted by molar-refractivity contribution is 0.373. The van der Waals surface area contributed by atoms with Crippen molar-refractivity contribution >= 4 is 34.4 Å². The van der Waals surface area contributed by atoms with E-state index in [4.69, 9.17) is 17.0 Å². The van der Waals surface area contributed by atoms with E-state index in [2.05, 4.69) is 31.2 Å². The van der Waals surface area contributed by atoms with Gasteiger partial charge in [0.2, 0.25) is 4.77 Å². The summed E-state index contributed by atoms with van der Waals surface area (Å²) < 4.78 is 7.86. The van der Waals surface area contributed by atoms with Crippen LogP contribution in [0.2, 0.25) is 0 Å². The van der Waals surface area contributed by atoms with E-state index in [1.54, 1.807) is 18.2 Å². The first-order valence-corrected chi connectivity index (χ1v) is 8.14. The third-order valence-electron chi connectivity index (χ3n) is 3.30. The van der Waals surface area contributed by atoms with Crippen molar-refractivity contribution in [1.29, 1.82) is 0 Å². The van der Waals surface area contributed by atoms with Crippen LogP contribution >= 0.6 is 28.1 Å². The van der Waals surface area contributed by atoms with Crippen LogP contribution in [0.25, 0.3) is 11.4 Å². The van der Waals surface area contributed by atoms with Crippen molar-refractivity contribution in [3.8, 4) is 22.9 Å². The minimum atomic E-state index is 0.0165. The number of benzene rings is 2. The van der Waals surface area contributed by atoms with Gasteiger partial charge in [-0.15, -0.1) is 0 Å². The molecule has 1 heterocycles. The first-order valence-electron chi connectivity index (χ1n) is 6.94. The fraction of sp³-hybridized carbons (Fsp3) is 0.0625. The third-order valence-corrected chi connectivity index (χ3v) is 4.05. The summed E-state index contributed by atoms with van der Waals surface area (Å²) in [7, 11) is 1.49. The number of hydrogen-bond acceptors (Lipinski definition) is 5.